The van der Waals surface area contributed by atoms with E-state index in [2.05, 4.69) is 0 Å². The molecule has 0 radical (unpaired) electrons. The number of H-pyrrole nitrogens is 1. The first-order chi connectivity index (χ1) is 7.18. The minimum absolute atomic E-state index is 0.158. The van der Waals surface area contributed by atoms with E-state index in [9.17, 15) is 14.0 Å². The predicted octanol–water partition coefficient (Wildman–Crippen LogP) is -0.779. The summed E-state index contributed by atoms with van der Waals surface area (Å²) in [7, 11) is 0. The zero-order valence-electron chi connectivity index (χ0n) is 7.73. The van der Waals surface area contributed by atoms with Crippen molar-refractivity contribution in [2.75, 3.05) is 19.8 Å². The van der Waals surface area contributed by atoms with E-state index >= 15 is 0 Å². The molecule has 1 N–H and O–H groups in total. The molecule has 1 atom stereocenters. The smallest absolute Gasteiger partial charge is 0.330 e. The first kappa shape index (κ1) is 10.1. The summed E-state index contributed by atoms with van der Waals surface area (Å²) in [5, 5.41) is 0. The van der Waals surface area contributed by atoms with Crippen LogP contribution in [0.4, 0.5) is 4.39 Å². The van der Waals surface area contributed by atoms with Crippen LogP contribution in [0, 0.1) is 5.82 Å². The first-order valence-electron chi connectivity index (χ1n) is 4.39. The number of nitrogens with one attached hydrogen (secondary N) is 1. The van der Waals surface area contributed by atoms with Gasteiger partial charge in [-0.1, -0.05) is 0 Å². The molecule has 1 aromatic heterocycles. The normalized spacial score (nSPS) is 21.5. The summed E-state index contributed by atoms with van der Waals surface area (Å²) in [5.74, 6) is -1.02. The summed E-state index contributed by atoms with van der Waals surface area (Å²) < 4.78 is 24.1. The lowest BCUT2D eigenvalue weighted by Gasteiger charge is -2.24. The van der Waals surface area contributed by atoms with Crippen molar-refractivity contribution in [1.82, 2.24) is 9.55 Å². The lowest BCUT2D eigenvalue weighted by molar-refractivity contribution is -0.124. The largest absolute Gasteiger partial charge is 0.374 e. The third-order valence-electron chi connectivity index (χ3n) is 2.03. The van der Waals surface area contributed by atoms with Crippen LogP contribution in [0.25, 0.3) is 0 Å². The van der Waals surface area contributed by atoms with Crippen molar-refractivity contribution < 1.29 is 13.9 Å². The number of nitrogens with zero attached hydrogens (tertiary/aromatic N) is 1. The molecule has 6 nitrogen and oxygen atoms in total. The Morgan fingerprint density at radius 1 is 1.47 bits per heavy atom. The average molecular weight is 216 g/mol. The minimum atomic E-state index is -1.03. The maximum atomic E-state index is 12.9. The monoisotopic (exact) mass is 216 g/mol. The number of rotatable bonds is 1. The molecular weight excluding hydrogens is 207 g/mol. The van der Waals surface area contributed by atoms with E-state index < -0.39 is 23.3 Å². The van der Waals surface area contributed by atoms with Gasteiger partial charge in [0.1, 0.15) is 0 Å². The third-order valence-corrected chi connectivity index (χ3v) is 2.03. The molecule has 1 aliphatic heterocycles. The molecule has 2 heterocycles. The Morgan fingerprint density at radius 3 is 2.93 bits per heavy atom. The highest BCUT2D eigenvalue weighted by atomic mass is 19.1. The second kappa shape index (κ2) is 3.95. The maximum absolute atomic E-state index is 12.9. The highest BCUT2D eigenvalue weighted by molar-refractivity contribution is 4.88. The van der Waals surface area contributed by atoms with Crippen LogP contribution in [-0.2, 0) is 9.47 Å². The Balaban J connectivity index is 2.39. The molecular formula is C8H9FN2O4. The summed E-state index contributed by atoms with van der Waals surface area (Å²) >= 11 is 0. The highest BCUT2D eigenvalue weighted by Crippen LogP contribution is 2.10. The lowest BCUT2D eigenvalue weighted by atomic mass is 10.5. The van der Waals surface area contributed by atoms with Crippen LogP contribution in [0.5, 0.6) is 0 Å². The fraction of sp³-hybridized carbons (Fsp3) is 0.500. The van der Waals surface area contributed by atoms with Crippen molar-refractivity contribution in [1.29, 1.82) is 0 Å². The molecule has 15 heavy (non-hydrogen) atoms. The van der Waals surface area contributed by atoms with Crippen LogP contribution in [0.3, 0.4) is 0 Å². The molecule has 0 spiro atoms. The van der Waals surface area contributed by atoms with Gasteiger partial charge in [0.25, 0.3) is 5.56 Å². The van der Waals surface area contributed by atoms with Gasteiger partial charge >= 0.3 is 5.69 Å². The van der Waals surface area contributed by atoms with E-state index in [1.165, 1.54) is 0 Å². The molecule has 1 aliphatic rings. The van der Waals surface area contributed by atoms with E-state index in [1.54, 1.807) is 0 Å². The maximum Gasteiger partial charge on any atom is 0.330 e. The number of aromatic amines is 1. The summed E-state index contributed by atoms with van der Waals surface area (Å²) in [5.41, 5.74) is -1.75. The Kier molecular flexibility index (Phi) is 2.65. The van der Waals surface area contributed by atoms with E-state index in [-0.39, 0.29) is 6.61 Å². The Bertz CT molecular complexity index is 460. The standard InChI is InChI=1S/C8H9FN2O4/c9-5-3-11(8(13)10-7(5)12)6-4-14-1-2-15-6/h3,6H,1-2,4H2,(H,10,12,13). The van der Waals surface area contributed by atoms with Gasteiger partial charge in [-0.3, -0.25) is 14.3 Å². The van der Waals surface area contributed by atoms with Gasteiger partial charge in [-0.25, -0.2) is 4.79 Å². The number of halogens is 1. The van der Waals surface area contributed by atoms with Crippen LogP contribution < -0.4 is 11.2 Å². The van der Waals surface area contributed by atoms with E-state index in [0.29, 0.717) is 13.2 Å². The van der Waals surface area contributed by atoms with Crippen molar-refractivity contribution >= 4 is 0 Å². The molecule has 0 amide bonds. The molecule has 0 aliphatic carbocycles. The lowest BCUT2D eigenvalue weighted by Crippen LogP contribution is -2.38. The molecule has 0 saturated carbocycles. The Labute approximate surface area is 83.3 Å². The average Bonchev–Trinajstić information content (AvgIpc) is 2.25. The van der Waals surface area contributed by atoms with Crippen molar-refractivity contribution in [2.24, 2.45) is 0 Å². The second-order valence-corrected chi connectivity index (χ2v) is 3.04. The molecule has 0 aromatic carbocycles. The quantitative estimate of drug-likeness (QED) is 0.668. The summed E-state index contributed by atoms with van der Waals surface area (Å²) in [6, 6.07) is 0. The number of ether oxygens (including phenoxy) is 2. The number of aromatic nitrogens is 2. The van der Waals surface area contributed by atoms with Crippen LogP contribution in [0.1, 0.15) is 6.23 Å². The first-order valence-corrected chi connectivity index (χ1v) is 4.39. The van der Waals surface area contributed by atoms with Gasteiger partial charge in [0, 0.05) is 0 Å². The van der Waals surface area contributed by atoms with Gasteiger partial charge in [-0.15, -0.1) is 0 Å². The van der Waals surface area contributed by atoms with Gasteiger partial charge in [0.05, 0.1) is 26.0 Å². The second-order valence-electron chi connectivity index (χ2n) is 3.04. The fourth-order valence-corrected chi connectivity index (χ4v) is 1.31. The van der Waals surface area contributed by atoms with Gasteiger partial charge in [-0.2, -0.15) is 4.39 Å². The van der Waals surface area contributed by atoms with Crippen molar-refractivity contribution in [3.8, 4) is 0 Å². The molecule has 82 valence electrons. The summed E-state index contributed by atoms with van der Waals surface area (Å²) in [6.07, 6.45) is 0.137. The molecule has 1 fully saturated rings. The predicted molar refractivity (Wildman–Crippen MR) is 47.1 cm³/mol. The van der Waals surface area contributed by atoms with E-state index in [0.717, 1.165) is 10.8 Å². The zero-order valence-corrected chi connectivity index (χ0v) is 7.73. The molecule has 1 aromatic rings. The van der Waals surface area contributed by atoms with E-state index in [4.69, 9.17) is 9.47 Å². The van der Waals surface area contributed by atoms with Crippen LogP contribution in [-0.4, -0.2) is 29.4 Å². The highest BCUT2D eigenvalue weighted by Gasteiger charge is 2.18. The number of hydrogen-bond donors (Lipinski definition) is 1. The Hall–Kier alpha value is -1.47. The fourth-order valence-electron chi connectivity index (χ4n) is 1.31. The SMILES string of the molecule is O=c1[nH]c(=O)n(C2COCCO2)cc1F. The van der Waals surface area contributed by atoms with Crippen LogP contribution >= 0.6 is 0 Å². The topological polar surface area (TPSA) is 73.3 Å². The number of hydrogen-bond acceptors (Lipinski definition) is 4. The van der Waals surface area contributed by atoms with Crippen molar-refractivity contribution in [2.45, 2.75) is 6.23 Å². The molecule has 1 unspecified atom stereocenters. The third kappa shape index (κ3) is 1.97. The Morgan fingerprint density at radius 2 is 2.27 bits per heavy atom. The zero-order chi connectivity index (χ0) is 10.8. The van der Waals surface area contributed by atoms with Crippen molar-refractivity contribution in [3.05, 3.63) is 32.9 Å². The van der Waals surface area contributed by atoms with Gasteiger partial charge in [-0.05, 0) is 0 Å². The van der Waals surface area contributed by atoms with Gasteiger partial charge in [0.2, 0.25) is 5.82 Å². The molecule has 2 rings (SSSR count). The molecule has 1 saturated heterocycles. The van der Waals surface area contributed by atoms with Crippen molar-refractivity contribution in [3.63, 3.8) is 0 Å². The minimum Gasteiger partial charge on any atom is -0.374 e. The van der Waals surface area contributed by atoms with Gasteiger partial charge in [0.15, 0.2) is 6.23 Å². The van der Waals surface area contributed by atoms with Gasteiger partial charge < -0.3 is 9.47 Å². The summed E-state index contributed by atoms with van der Waals surface area (Å²) in [4.78, 5) is 23.9. The molecule has 7 heteroatoms. The van der Waals surface area contributed by atoms with Crippen LogP contribution in [0.2, 0.25) is 0 Å². The van der Waals surface area contributed by atoms with E-state index in [1.807, 2.05) is 4.98 Å². The summed E-state index contributed by atoms with van der Waals surface area (Å²) in [6.45, 7) is 0.931. The van der Waals surface area contributed by atoms with Crippen LogP contribution in [0.15, 0.2) is 15.8 Å². The molecule has 0 bridgehead atoms.